The van der Waals surface area contributed by atoms with E-state index in [2.05, 4.69) is 11.9 Å². The van der Waals surface area contributed by atoms with Crippen molar-refractivity contribution in [3.63, 3.8) is 0 Å². The highest BCUT2D eigenvalue weighted by Gasteiger charge is 2.45. The molecule has 1 amide bonds. The van der Waals surface area contributed by atoms with E-state index in [9.17, 15) is 14.7 Å². The largest absolute Gasteiger partial charge is 0.507 e. The number of ketones is 1. The summed E-state index contributed by atoms with van der Waals surface area (Å²) in [7, 11) is 1.59. The molecular weight excluding hydrogens is 396 g/mol. The second kappa shape index (κ2) is 10.7. The number of unbranched alkanes of at least 4 members (excludes halogenated alkanes) is 1. The first kappa shape index (κ1) is 22.5. The van der Waals surface area contributed by atoms with Crippen molar-refractivity contribution in [3.05, 3.63) is 65.5 Å². The predicted molar refractivity (Wildman–Crippen MR) is 117 cm³/mol. The number of likely N-dealkylation sites (tertiary alicyclic amines) is 1. The van der Waals surface area contributed by atoms with Crippen LogP contribution < -0.4 is 4.74 Å². The number of nitrogens with zero attached hydrogens (tertiary/aromatic N) is 2. The van der Waals surface area contributed by atoms with Crippen molar-refractivity contribution in [2.75, 3.05) is 26.9 Å². The molecule has 0 saturated carbocycles. The lowest BCUT2D eigenvalue weighted by molar-refractivity contribution is -0.140. The van der Waals surface area contributed by atoms with E-state index in [0.29, 0.717) is 43.1 Å². The highest BCUT2D eigenvalue weighted by atomic mass is 16.5. The molecule has 2 aromatic rings. The highest BCUT2D eigenvalue weighted by Crippen LogP contribution is 2.39. The van der Waals surface area contributed by atoms with Gasteiger partial charge in [0.1, 0.15) is 11.5 Å². The molecule has 7 heteroatoms. The van der Waals surface area contributed by atoms with E-state index in [-0.39, 0.29) is 11.3 Å². The smallest absolute Gasteiger partial charge is 0.295 e. The molecule has 1 aromatic heterocycles. The van der Waals surface area contributed by atoms with Gasteiger partial charge in [-0.2, -0.15) is 0 Å². The summed E-state index contributed by atoms with van der Waals surface area (Å²) >= 11 is 0. The number of aromatic nitrogens is 1. The van der Waals surface area contributed by atoms with Crippen LogP contribution >= 0.6 is 0 Å². The Kier molecular flexibility index (Phi) is 7.78. The number of aliphatic hydroxyl groups is 1. The number of methoxy groups -OCH3 is 1. The van der Waals surface area contributed by atoms with E-state index in [4.69, 9.17) is 9.47 Å². The zero-order chi connectivity index (χ0) is 22.2. The molecule has 0 spiro atoms. The van der Waals surface area contributed by atoms with Crippen molar-refractivity contribution < 1.29 is 24.2 Å². The summed E-state index contributed by atoms with van der Waals surface area (Å²) in [6, 6.07) is 9.70. The first-order valence-electron chi connectivity index (χ1n) is 10.5. The van der Waals surface area contributed by atoms with E-state index in [1.54, 1.807) is 55.9 Å². The molecule has 0 aliphatic carbocycles. The van der Waals surface area contributed by atoms with Crippen molar-refractivity contribution in [1.82, 2.24) is 9.88 Å². The lowest BCUT2D eigenvalue weighted by Crippen LogP contribution is -2.31. The quantitative estimate of drug-likeness (QED) is 0.271. The molecule has 1 saturated heterocycles. The fraction of sp³-hybridized carbons (Fsp3) is 0.375. The van der Waals surface area contributed by atoms with Gasteiger partial charge in [0.05, 0.1) is 18.2 Å². The van der Waals surface area contributed by atoms with Crippen LogP contribution in [0.1, 0.15) is 43.4 Å². The van der Waals surface area contributed by atoms with Gasteiger partial charge in [-0.05, 0) is 54.8 Å². The molecule has 1 aliphatic rings. The Balaban J connectivity index is 1.96. The summed E-state index contributed by atoms with van der Waals surface area (Å²) in [5.74, 6) is -0.829. The molecule has 7 nitrogen and oxygen atoms in total. The number of carbonyl (C=O) groups excluding carboxylic acids is 2. The van der Waals surface area contributed by atoms with E-state index < -0.39 is 17.7 Å². The third kappa shape index (κ3) is 5.11. The van der Waals surface area contributed by atoms with Crippen molar-refractivity contribution in [1.29, 1.82) is 0 Å². The topological polar surface area (TPSA) is 89.0 Å². The molecule has 31 heavy (non-hydrogen) atoms. The molecule has 1 atom stereocenters. The summed E-state index contributed by atoms with van der Waals surface area (Å²) in [6.07, 6.45) is 5.79. The number of Topliss-reactive ketones (excluding diaryl/α,β-unsaturated/α-hetero) is 1. The SMILES string of the molecule is CCCCOc1ccc(C(O)=C2C(=O)C(=O)N(CCCOC)C2c2ccncc2)cc1. The summed E-state index contributed by atoms with van der Waals surface area (Å²) < 4.78 is 10.7. The predicted octanol–water partition coefficient (Wildman–Crippen LogP) is 3.72. The second-order valence-corrected chi connectivity index (χ2v) is 7.35. The van der Waals surface area contributed by atoms with Crippen molar-refractivity contribution in [2.24, 2.45) is 0 Å². The number of hydrogen-bond acceptors (Lipinski definition) is 6. The summed E-state index contributed by atoms with van der Waals surface area (Å²) in [5, 5.41) is 11.0. The fourth-order valence-corrected chi connectivity index (χ4v) is 3.58. The van der Waals surface area contributed by atoms with Crippen molar-refractivity contribution in [2.45, 2.75) is 32.2 Å². The van der Waals surface area contributed by atoms with E-state index >= 15 is 0 Å². The number of carbonyl (C=O) groups is 2. The molecular formula is C24H28N2O5. The maximum atomic E-state index is 12.9. The lowest BCUT2D eigenvalue weighted by Gasteiger charge is -2.25. The molecule has 1 aliphatic heterocycles. The van der Waals surface area contributed by atoms with Crippen LogP contribution in [0.4, 0.5) is 0 Å². The molecule has 0 bridgehead atoms. The molecule has 164 valence electrons. The number of rotatable bonds is 10. The molecule has 1 unspecified atom stereocenters. The Bertz CT molecular complexity index is 925. The minimum Gasteiger partial charge on any atom is -0.507 e. The van der Waals surface area contributed by atoms with Gasteiger partial charge in [-0.15, -0.1) is 0 Å². The summed E-state index contributed by atoms with van der Waals surface area (Å²) in [5.41, 5.74) is 1.25. The van der Waals surface area contributed by atoms with Gasteiger partial charge in [0.25, 0.3) is 11.7 Å². The van der Waals surface area contributed by atoms with E-state index in [1.807, 2.05) is 0 Å². The summed E-state index contributed by atoms with van der Waals surface area (Å²) in [4.78, 5) is 31.2. The van der Waals surface area contributed by atoms with Gasteiger partial charge < -0.3 is 19.5 Å². The van der Waals surface area contributed by atoms with Gasteiger partial charge in [-0.25, -0.2) is 0 Å². The molecule has 2 heterocycles. The lowest BCUT2D eigenvalue weighted by atomic mass is 9.96. The standard InChI is InChI=1S/C24H28N2O5/c1-3-4-16-31-19-8-6-18(7-9-19)22(27)20-21(17-10-12-25-13-11-17)26(14-5-15-30-2)24(29)23(20)28/h6-13,21,27H,3-5,14-16H2,1-2H3. The fourth-order valence-electron chi connectivity index (χ4n) is 3.58. The van der Waals surface area contributed by atoms with Gasteiger partial charge in [0.2, 0.25) is 0 Å². The van der Waals surface area contributed by atoms with E-state index in [0.717, 1.165) is 12.8 Å². The van der Waals surface area contributed by atoms with E-state index in [1.165, 1.54) is 4.90 Å². The van der Waals surface area contributed by atoms with Crippen molar-refractivity contribution >= 4 is 17.4 Å². The Morgan fingerprint density at radius 3 is 2.42 bits per heavy atom. The van der Waals surface area contributed by atoms with Crippen LogP contribution in [-0.2, 0) is 14.3 Å². The minimum absolute atomic E-state index is 0.0771. The zero-order valence-corrected chi connectivity index (χ0v) is 17.9. The normalized spacial score (nSPS) is 17.9. The number of hydrogen-bond donors (Lipinski definition) is 1. The van der Waals surface area contributed by atoms with Crippen LogP contribution in [0.5, 0.6) is 5.75 Å². The maximum absolute atomic E-state index is 12.9. The van der Waals surface area contributed by atoms with Gasteiger partial charge in [-0.3, -0.25) is 14.6 Å². The zero-order valence-electron chi connectivity index (χ0n) is 17.9. The Morgan fingerprint density at radius 2 is 1.77 bits per heavy atom. The molecule has 1 N–H and O–H groups in total. The van der Waals surface area contributed by atoms with Crippen LogP contribution in [0.2, 0.25) is 0 Å². The minimum atomic E-state index is -0.694. The number of aliphatic hydroxyl groups excluding tert-OH is 1. The van der Waals surface area contributed by atoms with Gasteiger partial charge in [0.15, 0.2) is 0 Å². The average molecular weight is 424 g/mol. The number of pyridine rings is 1. The Hall–Kier alpha value is -3.19. The first-order chi connectivity index (χ1) is 15.1. The number of benzene rings is 1. The maximum Gasteiger partial charge on any atom is 0.295 e. The van der Waals surface area contributed by atoms with Gasteiger partial charge in [-0.1, -0.05) is 13.3 Å². The molecule has 1 aromatic carbocycles. The van der Waals surface area contributed by atoms with Crippen LogP contribution in [-0.4, -0.2) is 53.5 Å². The average Bonchev–Trinajstić information content (AvgIpc) is 3.05. The summed E-state index contributed by atoms with van der Waals surface area (Å²) in [6.45, 7) is 3.52. The molecule has 3 rings (SSSR count). The third-order valence-electron chi connectivity index (χ3n) is 5.20. The van der Waals surface area contributed by atoms with Crippen LogP contribution in [0, 0.1) is 0 Å². The monoisotopic (exact) mass is 424 g/mol. The van der Waals surface area contributed by atoms with Crippen LogP contribution in [0.15, 0.2) is 54.4 Å². The third-order valence-corrected chi connectivity index (χ3v) is 5.20. The Morgan fingerprint density at radius 1 is 1.06 bits per heavy atom. The Labute approximate surface area is 182 Å². The second-order valence-electron chi connectivity index (χ2n) is 7.35. The van der Waals surface area contributed by atoms with Crippen molar-refractivity contribution in [3.8, 4) is 5.75 Å². The first-order valence-corrected chi connectivity index (χ1v) is 10.5. The molecule has 1 fully saturated rings. The van der Waals surface area contributed by atoms with Crippen LogP contribution in [0.25, 0.3) is 5.76 Å². The number of ether oxygens (including phenoxy) is 2. The molecule has 0 radical (unpaired) electrons. The van der Waals surface area contributed by atoms with Gasteiger partial charge in [0, 0.05) is 38.2 Å². The highest BCUT2D eigenvalue weighted by molar-refractivity contribution is 6.46. The van der Waals surface area contributed by atoms with Crippen LogP contribution in [0.3, 0.4) is 0 Å². The van der Waals surface area contributed by atoms with Gasteiger partial charge >= 0.3 is 0 Å². The number of amides is 1.